The fourth-order valence-corrected chi connectivity index (χ4v) is 1.99. The molecule has 0 saturated carbocycles. The van der Waals surface area contributed by atoms with Crippen molar-refractivity contribution in [1.82, 2.24) is 0 Å². The predicted molar refractivity (Wildman–Crippen MR) is 96.2 cm³/mol. The van der Waals surface area contributed by atoms with Crippen molar-refractivity contribution in [2.75, 3.05) is 14.2 Å². The molecule has 0 amide bonds. The molecular weight excluding hydrogens is 374 g/mol. The summed E-state index contributed by atoms with van der Waals surface area (Å²) in [5, 5.41) is 3.22. The molecule has 0 heterocycles. The third kappa shape index (κ3) is 6.35. The van der Waals surface area contributed by atoms with E-state index in [1.807, 2.05) is 0 Å². The Balaban J connectivity index is 0.000000283. The Morgan fingerprint density at radius 3 is 1.82 bits per heavy atom. The number of ether oxygens (including phenoxy) is 2. The van der Waals surface area contributed by atoms with Gasteiger partial charge in [-0.1, -0.05) is 17.2 Å². The minimum absolute atomic E-state index is 0.0796. The van der Waals surface area contributed by atoms with Crippen LogP contribution in [0.2, 0.25) is 0 Å². The number of nitrogens with two attached hydrogens (primary N) is 1. The van der Waals surface area contributed by atoms with Crippen LogP contribution in [0.3, 0.4) is 0 Å². The lowest BCUT2D eigenvalue weighted by atomic mass is 10.1. The number of esters is 2. The van der Waals surface area contributed by atoms with E-state index in [0.29, 0.717) is 5.56 Å². The first-order valence-corrected chi connectivity index (χ1v) is 7.82. The molecule has 148 valence electrons. The highest BCUT2D eigenvalue weighted by Gasteiger charge is 2.09. The van der Waals surface area contributed by atoms with Crippen LogP contribution in [0, 0.1) is 11.6 Å². The van der Waals surface area contributed by atoms with Crippen LogP contribution in [0.5, 0.6) is 0 Å². The van der Waals surface area contributed by atoms with Gasteiger partial charge in [-0.05, 0) is 35.4 Å². The number of methoxy groups -OCH3 is 2. The Morgan fingerprint density at radius 2 is 1.46 bits per heavy atom. The average Bonchev–Trinajstić information content (AvgIpc) is 2.72. The maximum Gasteiger partial charge on any atom is 0.337 e. The number of hydrogen-bond acceptors (Lipinski definition) is 6. The highest BCUT2D eigenvalue weighted by molar-refractivity contribution is 5.89. The molecule has 0 aromatic heterocycles. The Kier molecular flexibility index (Phi) is 9.08. The molecule has 0 aliphatic heterocycles. The van der Waals surface area contributed by atoms with Gasteiger partial charge in [-0.25, -0.2) is 18.4 Å². The zero-order chi connectivity index (χ0) is 21.1. The van der Waals surface area contributed by atoms with Crippen LogP contribution in [-0.4, -0.2) is 26.2 Å². The monoisotopic (exact) mass is 392 g/mol. The highest BCUT2D eigenvalue weighted by atomic mass is 19.1. The van der Waals surface area contributed by atoms with E-state index in [1.165, 1.54) is 38.5 Å². The lowest BCUT2D eigenvalue weighted by Gasteiger charge is -2.02. The second kappa shape index (κ2) is 11.3. The molecule has 0 unspecified atom stereocenters. The number of benzene rings is 2. The molecule has 0 aliphatic rings. The minimum atomic E-state index is -0.607. The molecule has 0 bridgehead atoms. The predicted octanol–water partition coefficient (Wildman–Crippen LogP) is 3.49. The maximum absolute atomic E-state index is 13.3. The molecule has 2 aromatic rings. The first kappa shape index (κ1) is 22.6. The second-order valence-electron chi connectivity index (χ2n) is 5.19. The van der Waals surface area contributed by atoms with Gasteiger partial charge in [0.15, 0.2) is 0 Å². The van der Waals surface area contributed by atoms with Crippen molar-refractivity contribution in [3.8, 4) is 0 Å². The van der Waals surface area contributed by atoms with Crippen LogP contribution in [0.25, 0.3) is 10.4 Å². The molecule has 2 aromatic carbocycles. The van der Waals surface area contributed by atoms with Gasteiger partial charge >= 0.3 is 11.9 Å². The fourth-order valence-electron chi connectivity index (χ4n) is 1.99. The van der Waals surface area contributed by atoms with Gasteiger partial charge in [-0.15, -0.1) is 0 Å². The molecule has 28 heavy (non-hydrogen) atoms. The third-order valence-corrected chi connectivity index (χ3v) is 3.47. The quantitative estimate of drug-likeness (QED) is 0.360. The summed E-state index contributed by atoms with van der Waals surface area (Å²) in [7, 11) is 2.46. The van der Waals surface area contributed by atoms with Gasteiger partial charge in [0, 0.05) is 17.0 Å². The normalized spacial score (nSPS) is 9.46. The second-order valence-corrected chi connectivity index (χ2v) is 5.19. The number of halogens is 2. The van der Waals surface area contributed by atoms with Crippen LogP contribution in [0.15, 0.2) is 41.5 Å². The number of carbonyl (C=O) groups is 2. The summed E-state index contributed by atoms with van der Waals surface area (Å²) in [4.78, 5) is 24.5. The van der Waals surface area contributed by atoms with Gasteiger partial charge in [0.05, 0.1) is 31.9 Å². The van der Waals surface area contributed by atoms with E-state index in [4.69, 9.17) is 11.3 Å². The standard InChI is InChI=1S/C9H8FN3O2.C9H10FNO2/c1-15-9(14)6-2-3-7(5-12-13-11)8(10)4-6;1-13-9(12)6-2-3-7(5-11)8(10)4-6/h2-4H,5H2,1H3;2-4H,5,11H2,1H3. The van der Waals surface area contributed by atoms with E-state index in [2.05, 4.69) is 19.5 Å². The molecule has 0 radical (unpaired) electrons. The van der Waals surface area contributed by atoms with Crippen molar-refractivity contribution >= 4 is 11.9 Å². The summed E-state index contributed by atoms with van der Waals surface area (Å²) < 4.78 is 35.2. The largest absolute Gasteiger partial charge is 0.465 e. The van der Waals surface area contributed by atoms with Crippen molar-refractivity contribution in [2.24, 2.45) is 10.8 Å². The number of rotatable bonds is 5. The van der Waals surface area contributed by atoms with Gasteiger partial charge in [-0.3, -0.25) is 0 Å². The molecule has 0 fully saturated rings. The topological polar surface area (TPSA) is 127 Å². The third-order valence-electron chi connectivity index (χ3n) is 3.47. The smallest absolute Gasteiger partial charge is 0.337 e. The molecule has 0 saturated heterocycles. The molecule has 8 nitrogen and oxygen atoms in total. The summed E-state index contributed by atoms with van der Waals surface area (Å²) in [6, 6.07) is 7.92. The minimum Gasteiger partial charge on any atom is -0.465 e. The molecule has 0 aliphatic carbocycles. The first-order chi connectivity index (χ1) is 13.4. The molecule has 0 spiro atoms. The van der Waals surface area contributed by atoms with E-state index in [1.54, 1.807) is 0 Å². The first-order valence-electron chi connectivity index (χ1n) is 7.82. The Labute approximate surface area is 159 Å². The number of nitrogens with zero attached hydrogens (tertiary/aromatic N) is 3. The molecular formula is C18H18F2N4O4. The highest BCUT2D eigenvalue weighted by Crippen LogP contribution is 2.12. The van der Waals surface area contributed by atoms with Crippen molar-refractivity contribution in [2.45, 2.75) is 13.1 Å². The number of carbonyl (C=O) groups excluding carboxylic acids is 2. The van der Waals surface area contributed by atoms with E-state index in [0.717, 1.165) is 12.1 Å². The van der Waals surface area contributed by atoms with Gasteiger partial charge in [0.25, 0.3) is 0 Å². The summed E-state index contributed by atoms with van der Waals surface area (Å²) in [6.45, 7) is 0.0388. The Bertz CT molecular complexity index is 899. The van der Waals surface area contributed by atoms with Crippen molar-refractivity contribution in [3.05, 3.63) is 80.7 Å². The van der Waals surface area contributed by atoms with E-state index < -0.39 is 23.6 Å². The lowest BCUT2D eigenvalue weighted by Crippen LogP contribution is -2.05. The van der Waals surface area contributed by atoms with Gasteiger partial charge in [-0.2, -0.15) is 0 Å². The van der Waals surface area contributed by atoms with Crippen LogP contribution in [0.1, 0.15) is 31.8 Å². The summed E-state index contributed by atoms with van der Waals surface area (Å²) in [5.41, 5.74) is 14.2. The number of azide groups is 1. The fraction of sp³-hybridized carbons (Fsp3) is 0.222. The summed E-state index contributed by atoms with van der Waals surface area (Å²) in [5.74, 6) is -2.23. The van der Waals surface area contributed by atoms with Crippen molar-refractivity contribution in [3.63, 3.8) is 0 Å². The lowest BCUT2D eigenvalue weighted by molar-refractivity contribution is 0.0591. The molecule has 10 heteroatoms. The molecule has 2 N–H and O–H groups in total. The van der Waals surface area contributed by atoms with Gasteiger partial charge in [0.1, 0.15) is 11.6 Å². The number of hydrogen-bond donors (Lipinski definition) is 1. The summed E-state index contributed by atoms with van der Waals surface area (Å²) >= 11 is 0. The Morgan fingerprint density at radius 1 is 1.00 bits per heavy atom. The zero-order valence-corrected chi connectivity index (χ0v) is 15.2. The van der Waals surface area contributed by atoms with Crippen LogP contribution in [-0.2, 0) is 22.6 Å². The Hall–Kier alpha value is -3.49. The van der Waals surface area contributed by atoms with Crippen molar-refractivity contribution < 1.29 is 27.8 Å². The van der Waals surface area contributed by atoms with Gasteiger partial charge < -0.3 is 15.2 Å². The van der Waals surface area contributed by atoms with Crippen molar-refractivity contribution in [1.29, 1.82) is 0 Å². The average molecular weight is 392 g/mol. The van der Waals surface area contributed by atoms with E-state index in [9.17, 15) is 18.4 Å². The van der Waals surface area contributed by atoms with Crippen LogP contribution >= 0.6 is 0 Å². The summed E-state index contributed by atoms with van der Waals surface area (Å²) in [6.07, 6.45) is 0. The van der Waals surface area contributed by atoms with E-state index >= 15 is 0 Å². The molecule has 0 atom stereocenters. The van der Waals surface area contributed by atoms with E-state index in [-0.39, 0.29) is 29.8 Å². The van der Waals surface area contributed by atoms with Crippen LogP contribution < -0.4 is 5.73 Å². The van der Waals surface area contributed by atoms with Crippen LogP contribution in [0.4, 0.5) is 8.78 Å². The SMILES string of the molecule is COC(=O)c1ccc(CN)c(F)c1.COC(=O)c1ccc(CN=[N+]=[N-])c(F)c1. The zero-order valence-electron chi connectivity index (χ0n) is 15.2. The maximum atomic E-state index is 13.3. The van der Waals surface area contributed by atoms with Gasteiger partial charge in [0.2, 0.25) is 0 Å². The molecule has 2 rings (SSSR count).